The van der Waals surface area contributed by atoms with Gasteiger partial charge in [-0.3, -0.25) is 0 Å². The molecule has 0 amide bonds. The minimum absolute atomic E-state index is 0.105. The third-order valence-corrected chi connectivity index (χ3v) is 2.96. The molecule has 0 heterocycles. The van der Waals surface area contributed by atoms with Crippen molar-refractivity contribution >= 4 is 0 Å². The zero-order chi connectivity index (χ0) is 9.14. The van der Waals surface area contributed by atoms with Gasteiger partial charge < -0.3 is 10.4 Å². The molecule has 2 nitrogen and oxygen atoms in total. The molecule has 0 aliphatic heterocycles. The lowest BCUT2D eigenvalue weighted by Gasteiger charge is -2.24. The van der Waals surface area contributed by atoms with E-state index in [-0.39, 0.29) is 6.10 Å². The lowest BCUT2D eigenvalue weighted by Crippen LogP contribution is -2.43. The van der Waals surface area contributed by atoms with E-state index in [0.717, 1.165) is 12.8 Å². The molecular weight excluding hydrogens is 150 g/mol. The van der Waals surface area contributed by atoms with Crippen LogP contribution in [0.2, 0.25) is 0 Å². The topological polar surface area (TPSA) is 32.3 Å². The Morgan fingerprint density at radius 2 is 1.92 bits per heavy atom. The van der Waals surface area contributed by atoms with E-state index in [2.05, 4.69) is 26.1 Å². The standard InChI is InChI=1S/C10H21NO/c1-7(2)8(3)11-9-5-4-6-10(9)12/h7-12H,4-6H2,1-3H3/t8-,9-,10-/m0/s1. The fraction of sp³-hybridized carbons (Fsp3) is 1.00. The maximum atomic E-state index is 9.56. The van der Waals surface area contributed by atoms with Crippen molar-refractivity contribution in [3.8, 4) is 0 Å². The van der Waals surface area contributed by atoms with E-state index >= 15 is 0 Å². The Morgan fingerprint density at radius 3 is 2.33 bits per heavy atom. The second kappa shape index (κ2) is 4.24. The van der Waals surface area contributed by atoms with Crippen molar-refractivity contribution in [2.75, 3.05) is 0 Å². The van der Waals surface area contributed by atoms with Crippen LogP contribution in [0, 0.1) is 5.92 Å². The summed E-state index contributed by atoms with van der Waals surface area (Å²) in [5, 5.41) is 13.0. The molecule has 1 fully saturated rings. The first-order chi connectivity index (χ1) is 5.61. The van der Waals surface area contributed by atoms with Crippen LogP contribution in [0.15, 0.2) is 0 Å². The second-order valence-corrected chi connectivity index (χ2v) is 4.30. The first-order valence-electron chi connectivity index (χ1n) is 5.05. The maximum Gasteiger partial charge on any atom is 0.0693 e. The van der Waals surface area contributed by atoms with E-state index in [9.17, 15) is 5.11 Å². The van der Waals surface area contributed by atoms with Crippen LogP contribution in [0.1, 0.15) is 40.0 Å². The molecule has 0 radical (unpaired) electrons. The number of nitrogens with one attached hydrogen (secondary N) is 1. The number of rotatable bonds is 3. The third-order valence-electron chi connectivity index (χ3n) is 2.96. The summed E-state index contributed by atoms with van der Waals surface area (Å²) < 4.78 is 0. The second-order valence-electron chi connectivity index (χ2n) is 4.30. The molecule has 0 aromatic rings. The van der Waals surface area contributed by atoms with Crippen LogP contribution in [0.3, 0.4) is 0 Å². The molecule has 3 atom stereocenters. The number of aliphatic hydroxyl groups is 1. The van der Waals surface area contributed by atoms with Crippen LogP contribution in [0.5, 0.6) is 0 Å². The quantitative estimate of drug-likeness (QED) is 0.675. The normalized spacial score (nSPS) is 32.8. The van der Waals surface area contributed by atoms with Gasteiger partial charge in [0.05, 0.1) is 6.10 Å². The van der Waals surface area contributed by atoms with Crippen molar-refractivity contribution in [1.82, 2.24) is 5.32 Å². The highest BCUT2D eigenvalue weighted by molar-refractivity contribution is 4.84. The van der Waals surface area contributed by atoms with E-state index in [4.69, 9.17) is 0 Å². The van der Waals surface area contributed by atoms with Gasteiger partial charge in [-0.05, 0) is 32.1 Å². The summed E-state index contributed by atoms with van der Waals surface area (Å²) in [5.41, 5.74) is 0. The SMILES string of the molecule is CC(C)[C@H](C)N[C@H]1CCC[C@@H]1O. The van der Waals surface area contributed by atoms with E-state index < -0.39 is 0 Å². The highest BCUT2D eigenvalue weighted by atomic mass is 16.3. The summed E-state index contributed by atoms with van der Waals surface area (Å²) in [5.74, 6) is 0.651. The van der Waals surface area contributed by atoms with Crippen LogP contribution in [-0.2, 0) is 0 Å². The maximum absolute atomic E-state index is 9.56. The average Bonchev–Trinajstić information content (AvgIpc) is 2.36. The molecule has 12 heavy (non-hydrogen) atoms. The summed E-state index contributed by atoms with van der Waals surface area (Å²) in [7, 11) is 0. The first-order valence-corrected chi connectivity index (χ1v) is 5.05. The summed E-state index contributed by atoms with van der Waals surface area (Å²) >= 11 is 0. The largest absolute Gasteiger partial charge is 0.392 e. The molecule has 0 aromatic heterocycles. The molecule has 1 saturated carbocycles. The number of aliphatic hydroxyl groups excluding tert-OH is 1. The van der Waals surface area contributed by atoms with Gasteiger partial charge in [0, 0.05) is 12.1 Å². The Kier molecular flexibility index (Phi) is 3.53. The molecule has 0 spiro atoms. The Balaban J connectivity index is 2.30. The van der Waals surface area contributed by atoms with Crippen LogP contribution in [-0.4, -0.2) is 23.3 Å². The molecule has 0 unspecified atom stereocenters. The minimum Gasteiger partial charge on any atom is -0.392 e. The molecule has 0 saturated heterocycles. The van der Waals surface area contributed by atoms with Crippen LogP contribution in [0.4, 0.5) is 0 Å². The van der Waals surface area contributed by atoms with E-state index in [1.54, 1.807) is 0 Å². The van der Waals surface area contributed by atoms with E-state index in [0.29, 0.717) is 18.0 Å². The van der Waals surface area contributed by atoms with Gasteiger partial charge in [0.2, 0.25) is 0 Å². The Morgan fingerprint density at radius 1 is 1.25 bits per heavy atom. The van der Waals surface area contributed by atoms with Gasteiger partial charge in [0.1, 0.15) is 0 Å². The smallest absolute Gasteiger partial charge is 0.0693 e. The van der Waals surface area contributed by atoms with Crippen molar-refractivity contribution in [3.63, 3.8) is 0 Å². The molecular formula is C10H21NO. The van der Waals surface area contributed by atoms with Crippen LogP contribution in [0.25, 0.3) is 0 Å². The van der Waals surface area contributed by atoms with Gasteiger partial charge in [-0.1, -0.05) is 13.8 Å². The first kappa shape index (κ1) is 10.0. The molecule has 0 aromatic carbocycles. The van der Waals surface area contributed by atoms with Gasteiger partial charge >= 0.3 is 0 Å². The third kappa shape index (κ3) is 2.46. The van der Waals surface area contributed by atoms with Crippen molar-refractivity contribution in [3.05, 3.63) is 0 Å². The molecule has 2 heteroatoms. The molecule has 2 N–H and O–H groups in total. The Labute approximate surface area is 75.4 Å². The zero-order valence-electron chi connectivity index (χ0n) is 8.38. The minimum atomic E-state index is -0.105. The Bertz CT molecular complexity index is 136. The van der Waals surface area contributed by atoms with Gasteiger partial charge in [-0.15, -0.1) is 0 Å². The predicted molar refractivity (Wildman–Crippen MR) is 51.1 cm³/mol. The molecule has 1 aliphatic rings. The highest BCUT2D eigenvalue weighted by Crippen LogP contribution is 2.20. The molecule has 1 rings (SSSR count). The predicted octanol–water partition coefficient (Wildman–Crippen LogP) is 1.53. The van der Waals surface area contributed by atoms with Crippen molar-refractivity contribution < 1.29 is 5.11 Å². The Hall–Kier alpha value is -0.0800. The summed E-state index contributed by atoms with van der Waals surface area (Å²) in [6, 6.07) is 0.866. The lowest BCUT2D eigenvalue weighted by molar-refractivity contribution is 0.140. The van der Waals surface area contributed by atoms with Crippen molar-refractivity contribution in [2.24, 2.45) is 5.92 Å². The molecule has 1 aliphatic carbocycles. The zero-order valence-corrected chi connectivity index (χ0v) is 8.38. The highest BCUT2D eigenvalue weighted by Gasteiger charge is 2.26. The lowest BCUT2D eigenvalue weighted by atomic mass is 10.0. The van der Waals surface area contributed by atoms with Gasteiger partial charge in [-0.2, -0.15) is 0 Å². The van der Waals surface area contributed by atoms with Crippen LogP contribution >= 0.6 is 0 Å². The molecule has 72 valence electrons. The fourth-order valence-electron chi connectivity index (χ4n) is 1.67. The number of hydrogen-bond acceptors (Lipinski definition) is 2. The van der Waals surface area contributed by atoms with Crippen LogP contribution < -0.4 is 5.32 Å². The summed E-state index contributed by atoms with van der Waals surface area (Å²) in [6.07, 6.45) is 3.18. The van der Waals surface area contributed by atoms with Gasteiger partial charge in [0.25, 0.3) is 0 Å². The van der Waals surface area contributed by atoms with E-state index in [1.807, 2.05) is 0 Å². The van der Waals surface area contributed by atoms with E-state index in [1.165, 1.54) is 6.42 Å². The van der Waals surface area contributed by atoms with Crippen molar-refractivity contribution in [1.29, 1.82) is 0 Å². The summed E-state index contributed by atoms with van der Waals surface area (Å²) in [4.78, 5) is 0. The van der Waals surface area contributed by atoms with Gasteiger partial charge in [-0.25, -0.2) is 0 Å². The fourth-order valence-corrected chi connectivity index (χ4v) is 1.67. The summed E-state index contributed by atoms with van der Waals surface area (Å²) in [6.45, 7) is 6.60. The average molecular weight is 171 g/mol. The molecule has 0 bridgehead atoms. The number of hydrogen-bond donors (Lipinski definition) is 2. The van der Waals surface area contributed by atoms with Crippen molar-refractivity contribution in [2.45, 2.75) is 58.2 Å². The van der Waals surface area contributed by atoms with Gasteiger partial charge in [0.15, 0.2) is 0 Å². The monoisotopic (exact) mass is 171 g/mol.